The van der Waals surface area contributed by atoms with Gasteiger partial charge in [-0.3, -0.25) is 9.59 Å². The van der Waals surface area contributed by atoms with Crippen molar-refractivity contribution in [2.24, 2.45) is 5.92 Å². The molecule has 1 aromatic carbocycles. The van der Waals surface area contributed by atoms with Crippen LogP contribution in [0.2, 0.25) is 0 Å². The molecule has 3 rings (SSSR count). The molecule has 0 spiro atoms. The van der Waals surface area contributed by atoms with Crippen molar-refractivity contribution in [3.8, 4) is 0 Å². The molecule has 2 amide bonds. The summed E-state index contributed by atoms with van der Waals surface area (Å²) in [7, 11) is 0. The lowest BCUT2D eigenvalue weighted by atomic mass is 10.0. The summed E-state index contributed by atoms with van der Waals surface area (Å²) in [6.07, 6.45) is 2.08. The maximum atomic E-state index is 12.5. The van der Waals surface area contributed by atoms with Crippen LogP contribution in [0.15, 0.2) is 18.2 Å². The predicted octanol–water partition coefficient (Wildman–Crippen LogP) is 1.54. The Hall–Kier alpha value is -1.84. The van der Waals surface area contributed by atoms with Gasteiger partial charge in [-0.2, -0.15) is 0 Å². The fraction of sp³-hybridized carbons (Fsp3) is 0.467. The van der Waals surface area contributed by atoms with Gasteiger partial charge in [-0.15, -0.1) is 0 Å². The molecule has 1 heterocycles. The van der Waals surface area contributed by atoms with Crippen molar-refractivity contribution in [3.05, 3.63) is 29.3 Å². The second-order valence-electron chi connectivity index (χ2n) is 5.53. The molecule has 1 saturated carbocycles. The van der Waals surface area contributed by atoms with Gasteiger partial charge in [-0.25, -0.2) is 0 Å². The molecule has 1 N–H and O–H groups in total. The number of piperazine rings is 1. The van der Waals surface area contributed by atoms with Crippen LogP contribution < -0.4 is 10.2 Å². The SMILES string of the molecule is Cc1cccc(N2CC(=O)NC(C3CC3)C2=O)c1C. The van der Waals surface area contributed by atoms with E-state index in [0.717, 1.165) is 29.7 Å². The molecule has 0 radical (unpaired) electrons. The number of hydrogen-bond donors (Lipinski definition) is 1. The molecule has 0 bridgehead atoms. The lowest BCUT2D eigenvalue weighted by molar-refractivity contribution is -0.131. The number of benzene rings is 1. The van der Waals surface area contributed by atoms with E-state index in [1.165, 1.54) is 0 Å². The van der Waals surface area contributed by atoms with Crippen LogP contribution in [-0.2, 0) is 9.59 Å². The van der Waals surface area contributed by atoms with Gasteiger partial charge >= 0.3 is 0 Å². The molecule has 1 aromatic rings. The molecule has 1 aliphatic heterocycles. The van der Waals surface area contributed by atoms with Crippen LogP contribution >= 0.6 is 0 Å². The zero-order valence-electron chi connectivity index (χ0n) is 11.3. The average Bonchev–Trinajstić information content (AvgIpc) is 3.20. The summed E-state index contributed by atoms with van der Waals surface area (Å²) in [5.74, 6) is 0.317. The van der Waals surface area contributed by atoms with Gasteiger partial charge in [0.1, 0.15) is 12.6 Å². The summed E-state index contributed by atoms with van der Waals surface area (Å²) < 4.78 is 0. The molecule has 2 fully saturated rings. The third-order valence-corrected chi connectivity index (χ3v) is 4.11. The zero-order valence-corrected chi connectivity index (χ0v) is 11.3. The number of hydrogen-bond acceptors (Lipinski definition) is 2. The van der Waals surface area contributed by atoms with Crippen molar-refractivity contribution >= 4 is 17.5 Å². The van der Waals surface area contributed by atoms with Crippen LogP contribution in [0, 0.1) is 19.8 Å². The Labute approximate surface area is 112 Å². The van der Waals surface area contributed by atoms with Crippen LogP contribution in [-0.4, -0.2) is 24.4 Å². The third-order valence-electron chi connectivity index (χ3n) is 4.11. The van der Waals surface area contributed by atoms with E-state index in [1.54, 1.807) is 4.90 Å². The first-order valence-corrected chi connectivity index (χ1v) is 6.75. The van der Waals surface area contributed by atoms with Crippen molar-refractivity contribution < 1.29 is 9.59 Å². The van der Waals surface area contributed by atoms with Crippen molar-refractivity contribution in [3.63, 3.8) is 0 Å². The molecule has 1 saturated heterocycles. The Kier molecular flexibility index (Phi) is 2.81. The summed E-state index contributed by atoms with van der Waals surface area (Å²) in [4.78, 5) is 26.0. The summed E-state index contributed by atoms with van der Waals surface area (Å²) in [6.45, 7) is 4.15. The Balaban J connectivity index is 1.96. The highest BCUT2D eigenvalue weighted by atomic mass is 16.2. The maximum absolute atomic E-state index is 12.5. The number of carbonyl (C=O) groups excluding carboxylic acids is 2. The minimum atomic E-state index is -0.318. The number of carbonyl (C=O) groups is 2. The normalized spacial score (nSPS) is 23.5. The van der Waals surface area contributed by atoms with E-state index >= 15 is 0 Å². The monoisotopic (exact) mass is 258 g/mol. The first-order valence-electron chi connectivity index (χ1n) is 6.75. The minimum absolute atomic E-state index is 0.0378. The number of amides is 2. The quantitative estimate of drug-likeness (QED) is 0.875. The van der Waals surface area contributed by atoms with Gasteiger partial charge in [0, 0.05) is 5.69 Å². The summed E-state index contributed by atoms with van der Waals surface area (Å²) in [5.41, 5.74) is 3.07. The Morgan fingerprint density at radius 1 is 1.21 bits per heavy atom. The van der Waals surface area contributed by atoms with Gasteiger partial charge in [-0.05, 0) is 49.8 Å². The van der Waals surface area contributed by atoms with Crippen LogP contribution in [0.3, 0.4) is 0 Å². The molecule has 2 aliphatic rings. The first kappa shape index (κ1) is 12.2. The summed E-state index contributed by atoms with van der Waals surface area (Å²) in [6, 6.07) is 5.55. The van der Waals surface area contributed by atoms with Gasteiger partial charge in [0.05, 0.1) is 0 Å². The Bertz CT molecular complexity index is 549. The fourth-order valence-corrected chi connectivity index (χ4v) is 2.65. The lowest BCUT2D eigenvalue weighted by Crippen LogP contribution is -2.59. The highest BCUT2D eigenvalue weighted by molar-refractivity contribution is 6.07. The molecule has 1 aliphatic carbocycles. The lowest BCUT2D eigenvalue weighted by Gasteiger charge is -2.33. The van der Waals surface area contributed by atoms with E-state index in [-0.39, 0.29) is 24.4 Å². The van der Waals surface area contributed by atoms with E-state index in [4.69, 9.17) is 0 Å². The van der Waals surface area contributed by atoms with Gasteiger partial charge < -0.3 is 10.2 Å². The van der Waals surface area contributed by atoms with Gasteiger partial charge in [0.2, 0.25) is 11.8 Å². The smallest absolute Gasteiger partial charge is 0.250 e. The van der Waals surface area contributed by atoms with E-state index in [0.29, 0.717) is 5.92 Å². The van der Waals surface area contributed by atoms with Gasteiger partial charge in [-0.1, -0.05) is 12.1 Å². The Morgan fingerprint density at radius 3 is 2.63 bits per heavy atom. The summed E-state index contributed by atoms with van der Waals surface area (Å²) >= 11 is 0. The highest BCUT2D eigenvalue weighted by Crippen LogP contribution is 2.35. The largest absolute Gasteiger partial charge is 0.342 e. The van der Waals surface area contributed by atoms with E-state index in [9.17, 15) is 9.59 Å². The standard InChI is InChI=1S/C15H18N2O2/c1-9-4-3-5-12(10(9)2)17-8-13(18)16-14(15(17)19)11-6-7-11/h3-5,11,14H,6-8H2,1-2H3,(H,16,18). The van der Waals surface area contributed by atoms with Crippen molar-refractivity contribution in [1.82, 2.24) is 5.32 Å². The fourth-order valence-electron chi connectivity index (χ4n) is 2.65. The molecule has 4 heteroatoms. The molecule has 4 nitrogen and oxygen atoms in total. The molecular weight excluding hydrogens is 240 g/mol. The van der Waals surface area contributed by atoms with Crippen LogP contribution in [0.4, 0.5) is 5.69 Å². The maximum Gasteiger partial charge on any atom is 0.250 e. The van der Waals surface area contributed by atoms with Crippen molar-refractivity contribution in [2.75, 3.05) is 11.4 Å². The minimum Gasteiger partial charge on any atom is -0.342 e. The molecule has 0 aromatic heterocycles. The predicted molar refractivity (Wildman–Crippen MR) is 72.9 cm³/mol. The van der Waals surface area contributed by atoms with Crippen LogP contribution in [0.25, 0.3) is 0 Å². The van der Waals surface area contributed by atoms with Crippen LogP contribution in [0.5, 0.6) is 0 Å². The molecule has 1 unspecified atom stereocenters. The van der Waals surface area contributed by atoms with Gasteiger partial charge in [0.15, 0.2) is 0 Å². The number of rotatable bonds is 2. The highest BCUT2D eigenvalue weighted by Gasteiger charge is 2.43. The second-order valence-corrected chi connectivity index (χ2v) is 5.53. The van der Waals surface area contributed by atoms with E-state index < -0.39 is 0 Å². The number of nitrogens with one attached hydrogen (secondary N) is 1. The molecular formula is C15H18N2O2. The van der Waals surface area contributed by atoms with Crippen molar-refractivity contribution in [1.29, 1.82) is 0 Å². The Morgan fingerprint density at radius 2 is 1.95 bits per heavy atom. The topological polar surface area (TPSA) is 49.4 Å². The van der Waals surface area contributed by atoms with E-state index in [1.807, 2.05) is 32.0 Å². The van der Waals surface area contributed by atoms with Crippen molar-refractivity contribution in [2.45, 2.75) is 32.7 Å². The average molecular weight is 258 g/mol. The van der Waals surface area contributed by atoms with Crippen LogP contribution in [0.1, 0.15) is 24.0 Å². The molecule has 100 valence electrons. The zero-order chi connectivity index (χ0) is 13.6. The second kappa shape index (κ2) is 4.37. The van der Waals surface area contributed by atoms with E-state index in [2.05, 4.69) is 5.32 Å². The number of nitrogens with zero attached hydrogens (tertiary/aromatic N) is 1. The molecule has 1 atom stereocenters. The number of anilines is 1. The molecule has 19 heavy (non-hydrogen) atoms. The summed E-state index contributed by atoms with van der Waals surface area (Å²) in [5, 5.41) is 2.83. The van der Waals surface area contributed by atoms with Gasteiger partial charge in [0.25, 0.3) is 0 Å². The third kappa shape index (κ3) is 2.11. The number of aryl methyl sites for hydroxylation is 1. The first-order chi connectivity index (χ1) is 9.08.